The molecule has 0 bridgehead atoms. The number of aliphatic carboxylic acids is 1. The number of allylic oxidation sites excluding steroid dienone is 1. The summed E-state index contributed by atoms with van der Waals surface area (Å²) < 4.78 is 0. The quantitative estimate of drug-likeness (QED) is 0.635. The molecule has 0 saturated heterocycles. The molecule has 0 heterocycles. The summed E-state index contributed by atoms with van der Waals surface area (Å²) in [5.41, 5.74) is -2.44. The van der Waals surface area contributed by atoms with E-state index in [9.17, 15) is 20.1 Å². The molecule has 2 aliphatic carbocycles. The summed E-state index contributed by atoms with van der Waals surface area (Å²) in [7, 11) is 0. The van der Waals surface area contributed by atoms with E-state index in [1.54, 1.807) is 6.92 Å². The lowest BCUT2D eigenvalue weighted by Gasteiger charge is -2.59. The van der Waals surface area contributed by atoms with Gasteiger partial charge in [-0.25, -0.2) is 4.79 Å². The van der Waals surface area contributed by atoms with Crippen molar-refractivity contribution in [2.45, 2.75) is 58.7 Å². The Bertz CT molecular complexity index is 439. The Balaban J connectivity index is 2.59. The highest BCUT2D eigenvalue weighted by Crippen LogP contribution is 2.61. The van der Waals surface area contributed by atoms with Gasteiger partial charge in [-0.15, -0.1) is 0 Å². The summed E-state index contributed by atoms with van der Waals surface area (Å²) in [6.45, 7) is 7.48. The predicted octanol–water partition coefficient (Wildman–Crippen LogP) is 1.96. The number of carboxylic acids is 1. The highest BCUT2D eigenvalue weighted by atomic mass is 16.4. The Kier molecular flexibility index (Phi) is 3.11. The SMILES string of the molecule is CC1=CC[C@H]2C(C)(C)[C@@H](O)CC[C@]2(C)[C@@]1(O)C(=O)O. The van der Waals surface area contributed by atoms with Gasteiger partial charge < -0.3 is 15.3 Å². The van der Waals surface area contributed by atoms with Gasteiger partial charge in [0.2, 0.25) is 0 Å². The Morgan fingerprint density at radius 3 is 2.47 bits per heavy atom. The van der Waals surface area contributed by atoms with Crippen LogP contribution >= 0.6 is 0 Å². The third kappa shape index (κ3) is 1.62. The molecule has 0 aromatic heterocycles. The number of hydrogen-bond acceptors (Lipinski definition) is 3. The smallest absolute Gasteiger partial charge is 0.340 e. The van der Waals surface area contributed by atoms with Crippen molar-refractivity contribution in [1.29, 1.82) is 0 Å². The number of carboxylic acid groups (broad SMARTS) is 1. The lowest BCUT2D eigenvalue weighted by atomic mass is 9.46. The first-order valence-electron chi connectivity index (χ1n) is 6.89. The predicted molar refractivity (Wildman–Crippen MR) is 71.6 cm³/mol. The number of aliphatic hydroxyl groups is 2. The minimum Gasteiger partial charge on any atom is -0.479 e. The molecule has 0 aliphatic heterocycles. The molecule has 0 aromatic carbocycles. The highest BCUT2D eigenvalue weighted by Gasteiger charge is 2.64. The van der Waals surface area contributed by atoms with E-state index >= 15 is 0 Å². The summed E-state index contributed by atoms with van der Waals surface area (Å²) in [5.74, 6) is -1.23. The summed E-state index contributed by atoms with van der Waals surface area (Å²) in [6, 6.07) is 0. The van der Waals surface area contributed by atoms with Crippen LogP contribution in [0.1, 0.15) is 47.0 Å². The standard InChI is InChI=1S/C15H24O4/c1-9-5-6-10-13(2,3)11(16)7-8-14(10,4)15(9,19)12(17)18/h5,10-11,16,19H,6-8H2,1-4H3,(H,17,18)/t10-,11-,14-,15-/m0/s1. The molecule has 0 amide bonds. The highest BCUT2D eigenvalue weighted by molar-refractivity contribution is 5.83. The fourth-order valence-electron chi connectivity index (χ4n) is 4.34. The third-order valence-corrected chi connectivity index (χ3v) is 5.83. The van der Waals surface area contributed by atoms with Gasteiger partial charge in [0.15, 0.2) is 5.60 Å². The van der Waals surface area contributed by atoms with Crippen LogP contribution in [0.3, 0.4) is 0 Å². The molecule has 4 atom stereocenters. The van der Waals surface area contributed by atoms with Gasteiger partial charge in [0.25, 0.3) is 0 Å². The number of hydrogen-bond donors (Lipinski definition) is 3. The number of carbonyl (C=O) groups is 1. The van der Waals surface area contributed by atoms with E-state index in [4.69, 9.17) is 0 Å². The van der Waals surface area contributed by atoms with Gasteiger partial charge in [-0.3, -0.25) is 0 Å². The molecule has 1 saturated carbocycles. The Hall–Kier alpha value is -0.870. The van der Waals surface area contributed by atoms with Gasteiger partial charge in [0.1, 0.15) is 0 Å². The average Bonchev–Trinajstić information content (AvgIpc) is 2.31. The molecule has 1 fully saturated rings. The van der Waals surface area contributed by atoms with Crippen LogP contribution in [0.25, 0.3) is 0 Å². The van der Waals surface area contributed by atoms with E-state index < -0.39 is 28.5 Å². The molecule has 2 aliphatic rings. The van der Waals surface area contributed by atoms with Gasteiger partial charge in [-0.05, 0) is 43.1 Å². The molecule has 108 valence electrons. The van der Waals surface area contributed by atoms with Crippen molar-refractivity contribution in [3.63, 3.8) is 0 Å². The van der Waals surface area contributed by atoms with Crippen LogP contribution in [0.15, 0.2) is 11.6 Å². The maximum atomic E-state index is 11.7. The lowest BCUT2D eigenvalue weighted by molar-refractivity contribution is -0.199. The second-order valence-corrected chi connectivity index (χ2v) is 6.98. The zero-order valence-electron chi connectivity index (χ0n) is 12.1. The minimum atomic E-state index is -1.83. The summed E-state index contributed by atoms with van der Waals surface area (Å²) >= 11 is 0. The maximum absolute atomic E-state index is 11.7. The van der Waals surface area contributed by atoms with Gasteiger partial charge in [0, 0.05) is 5.41 Å². The zero-order valence-corrected chi connectivity index (χ0v) is 12.1. The fourth-order valence-corrected chi connectivity index (χ4v) is 4.34. The van der Waals surface area contributed by atoms with E-state index in [1.807, 2.05) is 26.8 Å². The topological polar surface area (TPSA) is 77.8 Å². The first-order chi connectivity index (χ1) is 8.58. The van der Waals surface area contributed by atoms with Crippen molar-refractivity contribution in [2.24, 2.45) is 16.7 Å². The van der Waals surface area contributed by atoms with Crippen LogP contribution in [0.5, 0.6) is 0 Å². The monoisotopic (exact) mass is 268 g/mol. The van der Waals surface area contributed by atoms with Crippen LogP contribution in [-0.4, -0.2) is 33.0 Å². The van der Waals surface area contributed by atoms with Crippen molar-refractivity contribution in [3.05, 3.63) is 11.6 Å². The van der Waals surface area contributed by atoms with Crippen LogP contribution in [0, 0.1) is 16.7 Å². The molecule has 4 heteroatoms. The Morgan fingerprint density at radius 1 is 1.37 bits per heavy atom. The molecule has 3 N–H and O–H groups in total. The van der Waals surface area contributed by atoms with E-state index in [0.29, 0.717) is 24.8 Å². The number of fused-ring (bicyclic) bond motifs is 1. The molecule has 19 heavy (non-hydrogen) atoms. The molecular weight excluding hydrogens is 244 g/mol. The maximum Gasteiger partial charge on any atom is 0.340 e. The normalized spacial score (nSPS) is 45.3. The van der Waals surface area contributed by atoms with E-state index in [1.165, 1.54) is 0 Å². The average molecular weight is 268 g/mol. The molecule has 0 radical (unpaired) electrons. The zero-order chi connectivity index (χ0) is 14.6. The first kappa shape index (κ1) is 14.5. The second kappa shape index (κ2) is 4.06. The number of aliphatic hydroxyl groups excluding tert-OH is 1. The van der Waals surface area contributed by atoms with Crippen molar-refractivity contribution < 1.29 is 20.1 Å². The van der Waals surface area contributed by atoms with E-state index in [2.05, 4.69) is 0 Å². The molecule has 4 nitrogen and oxygen atoms in total. The molecule has 2 rings (SSSR count). The van der Waals surface area contributed by atoms with E-state index in [0.717, 1.165) is 0 Å². The van der Waals surface area contributed by atoms with Gasteiger partial charge >= 0.3 is 5.97 Å². The largest absolute Gasteiger partial charge is 0.479 e. The molecule has 0 spiro atoms. The summed E-state index contributed by atoms with van der Waals surface area (Å²) in [5, 5.41) is 30.6. The van der Waals surface area contributed by atoms with Crippen molar-refractivity contribution in [1.82, 2.24) is 0 Å². The molecular formula is C15H24O4. The molecule has 0 unspecified atom stereocenters. The number of rotatable bonds is 1. The van der Waals surface area contributed by atoms with Crippen molar-refractivity contribution in [2.75, 3.05) is 0 Å². The van der Waals surface area contributed by atoms with Crippen LogP contribution in [-0.2, 0) is 4.79 Å². The molecule has 0 aromatic rings. The lowest BCUT2D eigenvalue weighted by Crippen LogP contribution is -2.64. The van der Waals surface area contributed by atoms with E-state index in [-0.39, 0.29) is 5.92 Å². The minimum absolute atomic E-state index is 0.0476. The Labute approximate surface area is 114 Å². The Morgan fingerprint density at radius 2 is 1.95 bits per heavy atom. The fraction of sp³-hybridized carbons (Fsp3) is 0.800. The van der Waals surface area contributed by atoms with Crippen molar-refractivity contribution in [3.8, 4) is 0 Å². The van der Waals surface area contributed by atoms with Crippen LogP contribution < -0.4 is 0 Å². The van der Waals surface area contributed by atoms with Gasteiger partial charge in [0.05, 0.1) is 6.10 Å². The van der Waals surface area contributed by atoms with Gasteiger partial charge in [-0.2, -0.15) is 0 Å². The van der Waals surface area contributed by atoms with Crippen LogP contribution in [0.2, 0.25) is 0 Å². The summed E-state index contributed by atoms with van der Waals surface area (Å²) in [4.78, 5) is 11.7. The first-order valence-corrected chi connectivity index (χ1v) is 6.89. The third-order valence-electron chi connectivity index (χ3n) is 5.83. The van der Waals surface area contributed by atoms with Crippen LogP contribution in [0.4, 0.5) is 0 Å². The van der Waals surface area contributed by atoms with Gasteiger partial charge in [-0.1, -0.05) is 26.8 Å². The second-order valence-electron chi connectivity index (χ2n) is 6.98. The van der Waals surface area contributed by atoms with Crippen molar-refractivity contribution >= 4 is 5.97 Å². The summed E-state index contributed by atoms with van der Waals surface area (Å²) in [6.07, 6.45) is 3.14.